The third kappa shape index (κ3) is 2.70. The average molecular weight is 245 g/mol. The van der Waals surface area contributed by atoms with Gasteiger partial charge in [0.1, 0.15) is 0 Å². The molecule has 0 aliphatic carbocycles. The van der Waals surface area contributed by atoms with Gasteiger partial charge in [0.2, 0.25) is 0 Å². The minimum atomic E-state index is 0.290. The molecule has 2 aromatic rings. The third-order valence-electron chi connectivity index (χ3n) is 3.17. The van der Waals surface area contributed by atoms with E-state index in [1.165, 1.54) is 22.3 Å². The lowest BCUT2D eigenvalue weighted by Crippen LogP contribution is -2.05. The van der Waals surface area contributed by atoms with Gasteiger partial charge in [-0.25, -0.2) is 0 Å². The molecule has 0 saturated carbocycles. The maximum atomic E-state index is 6.16. The van der Waals surface area contributed by atoms with Crippen LogP contribution in [-0.4, -0.2) is 5.88 Å². The first kappa shape index (κ1) is 12.2. The Morgan fingerprint density at radius 2 is 1.71 bits per heavy atom. The van der Waals surface area contributed by atoms with E-state index in [0.717, 1.165) is 0 Å². The molecule has 0 spiro atoms. The van der Waals surface area contributed by atoms with Crippen LogP contribution < -0.4 is 0 Å². The van der Waals surface area contributed by atoms with Gasteiger partial charge in [-0.05, 0) is 30.5 Å². The van der Waals surface area contributed by atoms with E-state index in [1.54, 1.807) is 0 Å². The molecule has 0 bridgehead atoms. The molecule has 0 nitrogen and oxygen atoms in total. The smallest absolute Gasteiger partial charge is 0.0333 e. The van der Waals surface area contributed by atoms with E-state index in [-0.39, 0.29) is 5.92 Å². The molecule has 0 N–H and O–H groups in total. The maximum absolute atomic E-state index is 6.16. The van der Waals surface area contributed by atoms with Gasteiger partial charge in [-0.15, -0.1) is 11.6 Å². The second-order valence-electron chi connectivity index (χ2n) is 4.48. The van der Waals surface area contributed by atoms with Crippen molar-refractivity contribution in [3.8, 4) is 0 Å². The molecular formula is C16H17Cl. The molecule has 17 heavy (non-hydrogen) atoms. The maximum Gasteiger partial charge on any atom is 0.0333 e. The first-order chi connectivity index (χ1) is 8.22. The average Bonchev–Trinajstić information content (AvgIpc) is 2.36. The summed E-state index contributed by atoms with van der Waals surface area (Å²) in [6, 6.07) is 17.0. The van der Waals surface area contributed by atoms with Crippen LogP contribution in [-0.2, 0) is 0 Å². The van der Waals surface area contributed by atoms with Gasteiger partial charge in [-0.2, -0.15) is 0 Å². The fourth-order valence-electron chi connectivity index (χ4n) is 2.17. The minimum absolute atomic E-state index is 0.290. The van der Waals surface area contributed by atoms with Gasteiger partial charge in [0.15, 0.2) is 0 Å². The highest BCUT2D eigenvalue weighted by atomic mass is 35.5. The molecule has 0 aromatic heterocycles. The summed E-state index contributed by atoms with van der Waals surface area (Å²) in [5, 5.41) is 0. The van der Waals surface area contributed by atoms with Crippen LogP contribution in [0.3, 0.4) is 0 Å². The number of aryl methyl sites for hydroxylation is 2. The van der Waals surface area contributed by atoms with Gasteiger partial charge in [0, 0.05) is 11.8 Å². The Balaban J connectivity index is 2.46. The van der Waals surface area contributed by atoms with Crippen molar-refractivity contribution in [3.63, 3.8) is 0 Å². The number of hydrogen-bond acceptors (Lipinski definition) is 0. The standard InChI is InChI=1S/C16H17Cl/c1-12-8-9-13(2)15(10-12)16(11-17)14-6-4-3-5-7-14/h3-10,16H,11H2,1-2H3. The van der Waals surface area contributed by atoms with E-state index < -0.39 is 0 Å². The number of alkyl halides is 1. The number of benzene rings is 2. The summed E-state index contributed by atoms with van der Waals surface area (Å²) in [5.41, 5.74) is 5.23. The van der Waals surface area contributed by atoms with E-state index in [0.29, 0.717) is 5.88 Å². The van der Waals surface area contributed by atoms with Crippen LogP contribution in [0.5, 0.6) is 0 Å². The second-order valence-corrected chi connectivity index (χ2v) is 4.79. The molecular weight excluding hydrogens is 228 g/mol. The minimum Gasteiger partial charge on any atom is -0.126 e. The van der Waals surface area contributed by atoms with Crippen molar-refractivity contribution in [3.05, 3.63) is 70.8 Å². The van der Waals surface area contributed by atoms with Gasteiger partial charge < -0.3 is 0 Å². The zero-order valence-electron chi connectivity index (χ0n) is 10.3. The number of rotatable bonds is 3. The summed E-state index contributed by atoms with van der Waals surface area (Å²) in [4.78, 5) is 0. The Morgan fingerprint density at radius 1 is 1.00 bits per heavy atom. The fourth-order valence-corrected chi connectivity index (χ4v) is 2.52. The summed E-state index contributed by atoms with van der Waals surface area (Å²) < 4.78 is 0. The highest BCUT2D eigenvalue weighted by molar-refractivity contribution is 6.18. The largest absolute Gasteiger partial charge is 0.126 e. The van der Waals surface area contributed by atoms with E-state index in [4.69, 9.17) is 11.6 Å². The third-order valence-corrected chi connectivity index (χ3v) is 3.48. The molecule has 1 heteroatoms. The highest BCUT2D eigenvalue weighted by Gasteiger charge is 2.14. The van der Waals surface area contributed by atoms with Crippen LogP contribution in [0.2, 0.25) is 0 Å². The van der Waals surface area contributed by atoms with Crippen molar-refractivity contribution in [2.24, 2.45) is 0 Å². The van der Waals surface area contributed by atoms with Gasteiger partial charge in [-0.3, -0.25) is 0 Å². The molecule has 0 aliphatic heterocycles. The van der Waals surface area contributed by atoms with Gasteiger partial charge in [0.05, 0.1) is 0 Å². The molecule has 0 fully saturated rings. The van der Waals surface area contributed by atoms with Crippen LogP contribution in [0.25, 0.3) is 0 Å². The van der Waals surface area contributed by atoms with Crippen LogP contribution in [0, 0.1) is 13.8 Å². The molecule has 0 heterocycles. The van der Waals surface area contributed by atoms with E-state index in [2.05, 4.69) is 56.3 Å². The summed E-state index contributed by atoms with van der Waals surface area (Å²) in [7, 11) is 0. The molecule has 0 saturated heterocycles. The fraction of sp³-hybridized carbons (Fsp3) is 0.250. The van der Waals surface area contributed by atoms with Crippen molar-refractivity contribution in [1.29, 1.82) is 0 Å². The van der Waals surface area contributed by atoms with Crippen molar-refractivity contribution >= 4 is 11.6 Å². The number of hydrogen-bond donors (Lipinski definition) is 0. The highest BCUT2D eigenvalue weighted by Crippen LogP contribution is 2.28. The zero-order valence-corrected chi connectivity index (χ0v) is 11.0. The van der Waals surface area contributed by atoms with Crippen molar-refractivity contribution < 1.29 is 0 Å². The normalized spacial score (nSPS) is 12.4. The topological polar surface area (TPSA) is 0 Å². The summed E-state index contributed by atoms with van der Waals surface area (Å²) in [6.45, 7) is 4.27. The Kier molecular flexibility index (Phi) is 3.86. The van der Waals surface area contributed by atoms with Crippen molar-refractivity contribution in [2.45, 2.75) is 19.8 Å². The van der Waals surface area contributed by atoms with E-state index in [1.807, 2.05) is 6.07 Å². The predicted molar refractivity (Wildman–Crippen MR) is 74.9 cm³/mol. The van der Waals surface area contributed by atoms with Crippen LogP contribution in [0.4, 0.5) is 0 Å². The first-order valence-corrected chi connectivity index (χ1v) is 6.44. The molecule has 0 amide bonds. The summed E-state index contributed by atoms with van der Waals surface area (Å²) in [6.07, 6.45) is 0. The Bertz CT molecular complexity index is 488. The summed E-state index contributed by atoms with van der Waals surface area (Å²) >= 11 is 6.16. The van der Waals surface area contributed by atoms with Crippen molar-refractivity contribution in [1.82, 2.24) is 0 Å². The monoisotopic (exact) mass is 244 g/mol. The summed E-state index contributed by atoms with van der Waals surface area (Å²) in [5.74, 6) is 0.909. The molecule has 2 rings (SSSR count). The lowest BCUT2D eigenvalue weighted by molar-refractivity contribution is 0.916. The molecule has 1 atom stereocenters. The predicted octanol–water partition coefficient (Wildman–Crippen LogP) is 4.67. The Morgan fingerprint density at radius 3 is 2.35 bits per heavy atom. The first-order valence-electron chi connectivity index (χ1n) is 5.90. The molecule has 88 valence electrons. The van der Waals surface area contributed by atoms with Gasteiger partial charge >= 0.3 is 0 Å². The SMILES string of the molecule is Cc1ccc(C)c(C(CCl)c2ccccc2)c1. The van der Waals surface area contributed by atoms with Crippen LogP contribution in [0.1, 0.15) is 28.2 Å². The zero-order chi connectivity index (χ0) is 12.3. The molecule has 1 unspecified atom stereocenters. The Labute approximate surface area is 108 Å². The number of halogens is 1. The van der Waals surface area contributed by atoms with Crippen molar-refractivity contribution in [2.75, 3.05) is 5.88 Å². The quantitative estimate of drug-likeness (QED) is 0.688. The second kappa shape index (κ2) is 5.37. The lowest BCUT2D eigenvalue weighted by Gasteiger charge is -2.18. The molecule has 0 radical (unpaired) electrons. The van der Waals surface area contributed by atoms with E-state index in [9.17, 15) is 0 Å². The van der Waals surface area contributed by atoms with Gasteiger partial charge in [-0.1, -0.05) is 54.1 Å². The molecule has 0 aliphatic rings. The Hall–Kier alpha value is -1.27. The lowest BCUT2D eigenvalue weighted by atomic mass is 9.89. The van der Waals surface area contributed by atoms with E-state index >= 15 is 0 Å². The van der Waals surface area contributed by atoms with Gasteiger partial charge in [0.25, 0.3) is 0 Å². The van der Waals surface area contributed by atoms with Crippen LogP contribution in [0.15, 0.2) is 48.5 Å². The molecule has 2 aromatic carbocycles. The van der Waals surface area contributed by atoms with Crippen LogP contribution >= 0.6 is 11.6 Å².